The van der Waals surface area contributed by atoms with Gasteiger partial charge in [0.05, 0.1) is 5.60 Å². The smallest absolute Gasteiger partial charge is 0.253 e. The monoisotopic (exact) mass is 316 g/mol. The molecule has 1 aromatic carbocycles. The summed E-state index contributed by atoms with van der Waals surface area (Å²) in [5.74, 6) is 0.792. The number of aliphatic hydroxyl groups is 1. The Bertz CT molecular complexity index is 579. The molecule has 0 aromatic heterocycles. The SMILES string of the molecule is CN1CC[C@@H]2CN(C(=O)c3cccc(CCC(C)(C)O)c3)C[C@@H]21. The average Bonchev–Trinajstić information content (AvgIpc) is 3.07. The molecule has 2 fully saturated rings. The Morgan fingerprint density at radius 1 is 1.35 bits per heavy atom. The third-order valence-electron chi connectivity index (χ3n) is 5.31. The lowest BCUT2D eigenvalue weighted by Gasteiger charge is -2.21. The first kappa shape index (κ1) is 16.5. The molecule has 0 unspecified atom stereocenters. The number of carbonyl (C=O) groups is 1. The number of nitrogens with zero attached hydrogens (tertiary/aromatic N) is 2. The normalized spacial score (nSPS) is 25.0. The number of benzene rings is 1. The largest absolute Gasteiger partial charge is 0.390 e. The van der Waals surface area contributed by atoms with Gasteiger partial charge >= 0.3 is 0 Å². The van der Waals surface area contributed by atoms with Crippen molar-refractivity contribution in [2.45, 2.75) is 44.8 Å². The van der Waals surface area contributed by atoms with Crippen LogP contribution < -0.4 is 0 Å². The van der Waals surface area contributed by atoms with Gasteiger partial charge in [-0.05, 0) is 70.3 Å². The van der Waals surface area contributed by atoms with Gasteiger partial charge in [0.1, 0.15) is 0 Å². The van der Waals surface area contributed by atoms with Crippen molar-refractivity contribution >= 4 is 5.91 Å². The Morgan fingerprint density at radius 3 is 2.83 bits per heavy atom. The fourth-order valence-electron chi connectivity index (χ4n) is 3.83. The Morgan fingerprint density at radius 2 is 2.13 bits per heavy atom. The molecule has 0 spiro atoms. The van der Waals surface area contributed by atoms with Crippen LogP contribution in [0.25, 0.3) is 0 Å². The van der Waals surface area contributed by atoms with Crippen molar-refractivity contribution in [3.05, 3.63) is 35.4 Å². The summed E-state index contributed by atoms with van der Waals surface area (Å²) in [5, 5.41) is 9.87. The van der Waals surface area contributed by atoms with Crippen molar-refractivity contribution in [2.75, 3.05) is 26.7 Å². The molecule has 0 saturated carbocycles. The van der Waals surface area contributed by atoms with Crippen molar-refractivity contribution in [1.29, 1.82) is 0 Å². The lowest BCUT2D eigenvalue weighted by Crippen LogP contribution is -2.35. The molecule has 2 heterocycles. The number of aryl methyl sites for hydroxylation is 1. The maximum Gasteiger partial charge on any atom is 0.253 e. The van der Waals surface area contributed by atoms with Gasteiger partial charge in [-0.2, -0.15) is 0 Å². The van der Waals surface area contributed by atoms with Gasteiger partial charge in [-0.15, -0.1) is 0 Å². The second-order valence-electron chi connectivity index (χ2n) is 7.82. The van der Waals surface area contributed by atoms with Gasteiger partial charge in [0, 0.05) is 24.7 Å². The second-order valence-corrected chi connectivity index (χ2v) is 7.82. The Kier molecular flexibility index (Phi) is 4.47. The third-order valence-corrected chi connectivity index (χ3v) is 5.31. The van der Waals surface area contributed by atoms with Crippen molar-refractivity contribution in [2.24, 2.45) is 5.92 Å². The summed E-state index contributed by atoms with van der Waals surface area (Å²) >= 11 is 0. The van der Waals surface area contributed by atoms with Crippen LogP contribution in [0.4, 0.5) is 0 Å². The summed E-state index contributed by atoms with van der Waals surface area (Å²) in [4.78, 5) is 17.2. The number of likely N-dealkylation sites (tertiary alicyclic amines) is 2. The van der Waals surface area contributed by atoms with Crippen molar-refractivity contribution in [1.82, 2.24) is 9.80 Å². The summed E-state index contributed by atoms with van der Waals surface area (Å²) in [6.45, 7) is 6.54. The highest BCUT2D eigenvalue weighted by Crippen LogP contribution is 2.31. The number of hydrogen-bond acceptors (Lipinski definition) is 3. The van der Waals surface area contributed by atoms with Crippen molar-refractivity contribution < 1.29 is 9.90 Å². The van der Waals surface area contributed by atoms with E-state index in [1.165, 1.54) is 6.42 Å². The van der Waals surface area contributed by atoms with E-state index in [2.05, 4.69) is 11.9 Å². The summed E-state index contributed by atoms with van der Waals surface area (Å²) in [6, 6.07) is 8.43. The van der Waals surface area contributed by atoms with Gasteiger partial charge in [0.15, 0.2) is 0 Å². The standard InChI is InChI=1S/C19H28N2O2/c1-19(2,23)9-7-14-5-4-6-15(11-14)18(22)21-12-16-8-10-20(3)17(16)13-21/h4-6,11,16-17,23H,7-10,12-13H2,1-3H3/t16-,17+/m1/s1. The van der Waals surface area contributed by atoms with Crippen molar-refractivity contribution in [3.63, 3.8) is 0 Å². The second kappa shape index (κ2) is 6.25. The topological polar surface area (TPSA) is 43.8 Å². The van der Waals surface area contributed by atoms with Gasteiger partial charge < -0.3 is 14.9 Å². The first-order chi connectivity index (χ1) is 10.8. The Hall–Kier alpha value is -1.39. The minimum absolute atomic E-state index is 0.151. The zero-order valence-corrected chi connectivity index (χ0v) is 14.5. The maximum atomic E-state index is 12.8. The highest BCUT2D eigenvalue weighted by atomic mass is 16.3. The molecule has 1 aromatic rings. The number of amides is 1. The van der Waals surface area contributed by atoms with Crippen molar-refractivity contribution in [3.8, 4) is 0 Å². The van der Waals surface area contributed by atoms with Crippen LogP contribution in [0, 0.1) is 5.92 Å². The lowest BCUT2D eigenvalue weighted by molar-refractivity contribution is 0.0714. The summed E-state index contributed by atoms with van der Waals surface area (Å²) < 4.78 is 0. The fraction of sp³-hybridized carbons (Fsp3) is 0.632. The van der Waals surface area contributed by atoms with Crippen LogP contribution in [0.15, 0.2) is 24.3 Å². The minimum Gasteiger partial charge on any atom is -0.390 e. The zero-order valence-electron chi connectivity index (χ0n) is 14.5. The maximum absolute atomic E-state index is 12.8. The molecule has 0 radical (unpaired) electrons. The highest BCUT2D eigenvalue weighted by Gasteiger charge is 2.41. The molecule has 2 aliphatic heterocycles. The van der Waals surface area contributed by atoms with Crippen LogP contribution >= 0.6 is 0 Å². The first-order valence-corrected chi connectivity index (χ1v) is 8.64. The summed E-state index contributed by atoms with van der Waals surface area (Å²) in [7, 11) is 2.16. The molecule has 2 aliphatic rings. The number of hydrogen-bond donors (Lipinski definition) is 1. The van der Waals surface area contributed by atoms with E-state index in [9.17, 15) is 9.90 Å². The first-order valence-electron chi connectivity index (χ1n) is 8.64. The van der Waals surface area contributed by atoms with Gasteiger partial charge in [0.25, 0.3) is 5.91 Å². The molecule has 1 N–H and O–H groups in total. The van der Waals surface area contributed by atoms with Gasteiger partial charge in [-0.25, -0.2) is 0 Å². The van der Waals surface area contributed by atoms with E-state index in [-0.39, 0.29) is 5.91 Å². The molecule has 23 heavy (non-hydrogen) atoms. The molecule has 4 heteroatoms. The zero-order chi connectivity index (χ0) is 16.6. The van der Waals surface area contributed by atoms with E-state index >= 15 is 0 Å². The number of carbonyl (C=O) groups excluding carboxylic acids is 1. The predicted molar refractivity (Wildman–Crippen MR) is 91.5 cm³/mol. The Balaban J connectivity index is 1.66. The number of rotatable bonds is 4. The van der Waals surface area contributed by atoms with Gasteiger partial charge in [-0.1, -0.05) is 12.1 Å². The molecule has 126 valence electrons. The van der Waals surface area contributed by atoms with E-state index in [4.69, 9.17) is 0 Å². The van der Waals surface area contributed by atoms with Crippen LogP contribution in [0.1, 0.15) is 42.6 Å². The van der Waals surface area contributed by atoms with Crippen LogP contribution in [-0.4, -0.2) is 59.1 Å². The number of likely N-dealkylation sites (N-methyl/N-ethyl adjacent to an activating group) is 1. The van der Waals surface area contributed by atoms with Crippen LogP contribution in [0.3, 0.4) is 0 Å². The molecule has 0 aliphatic carbocycles. The molecular formula is C19H28N2O2. The molecule has 0 bridgehead atoms. The van der Waals surface area contributed by atoms with Gasteiger partial charge in [0.2, 0.25) is 0 Å². The summed E-state index contributed by atoms with van der Waals surface area (Å²) in [6.07, 6.45) is 2.69. The molecule has 2 saturated heterocycles. The van der Waals surface area contributed by atoms with Crippen LogP contribution in [0.2, 0.25) is 0 Å². The van der Waals surface area contributed by atoms with Crippen LogP contribution in [-0.2, 0) is 6.42 Å². The predicted octanol–water partition coefficient (Wildman–Crippen LogP) is 2.17. The highest BCUT2D eigenvalue weighted by molar-refractivity contribution is 5.94. The van der Waals surface area contributed by atoms with E-state index in [0.29, 0.717) is 18.4 Å². The van der Waals surface area contributed by atoms with E-state index in [0.717, 1.165) is 37.2 Å². The number of fused-ring (bicyclic) bond motifs is 1. The summed E-state index contributed by atoms with van der Waals surface area (Å²) in [5.41, 5.74) is 1.23. The fourth-order valence-corrected chi connectivity index (χ4v) is 3.83. The van der Waals surface area contributed by atoms with E-state index in [1.54, 1.807) is 0 Å². The lowest BCUT2D eigenvalue weighted by atomic mass is 9.98. The van der Waals surface area contributed by atoms with Gasteiger partial charge in [-0.3, -0.25) is 4.79 Å². The van der Waals surface area contributed by atoms with E-state index < -0.39 is 5.60 Å². The minimum atomic E-state index is -0.670. The quantitative estimate of drug-likeness (QED) is 0.926. The third kappa shape index (κ3) is 3.75. The van der Waals surface area contributed by atoms with E-state index in [1.807, 2.05) is 43.0 Å². The molecular weight excluding hydrogens is 288 g/mol. The molecule has 2 atom stereocenters. The molecule has 1 amide bonds. The average molecular weight is 316 g/mol. The van der Waals surface area contributed by atoms with Crippen LogP contribution in [0.5, 0.6) is 0 Å². The molecule has 4 nitrogen and oxygen atoms in total. The Labute approximate surface area is 139 Å². The molecule has 3 rings (SSSR count).